The lowest BCUT2D eigenvalue weighted by molar-refractivity contribution is 0.321. The number of rotatable bonds is 2. The Kier molecular flexibility index (Phi) is 2.51. The van der Waals surface area contributed by atoms with Crippen LogP contribution < -0.4 is 5.43 Å². The maximum Gasteiger partial charge on any atom is 0.304 e. The van der Waals surface area contributed by atoms with E-state index in [1.54, 1.807) is 0 Å². The van der Waals surface area contributed by atoms with Crippen LogP contribution in [-0.4, -0.2) is 5.54 Å². The molecule has 0 heterocycles. The molecule has 52 valence electrons. The van der Waals surface area contributed by atoms with Crippen LogP contribution in [0, 0.1) is 12.5 Å². The molecule has 2 nitrogen and oxygen atoms in total. The number of hydrogen-bond acceptors (Lipinski definition) is 1. The second-order valence-electron chi connectivity index (χ2n) is 3.12. The lowest BCUT2D eigenvalue weighted by Crippen LogP contribution is -2.39. The molecule has 2 heteroatoms. The Balaban J connectivity index is 3.89. The van der Waals surface area contributed by atoms with Gasteiger partial charge in [0.15, 0.2) is 0 Å². The smallest absolute Gasteiger partial charge is 0.0755 e. The molecule has 0 atom stereocenters. The third-order valence-electron chi connectivity index (χ3n) is 1.80. The summed E-state index contributed by atoms with van der Waals surface area (Å²) in [6.45, 7) is 13.3. The summed E-state index contributed by atoms with van der Waals surface area (Å²) in [6.07, 6.45) is 0. The molecule has 0 aliphatic heterocycles. The minimum absolute atomic E-state index is 0.00868. The molecular formula is C7H15N2+. The fraction of sp³-hybridized carbons (Fsp3) is 0.857. The van der Waals surface area contributed by atoms with E-state index in [0.717, 1.165) is 0 Å². The summed E-state index contributed by atoms with van der Waals surface area (Å²) in [7, 11) is 0. The first-order chi connectivity index (χ1) is 4.00. The predicted molar refractivity (Wildman–Crippen MR) is 40.4 cm³/mol. The molecule has 0 spiro atoms. The first-order valence-corrected chi connectivity index (χ1v) is 3.18. The van der Waals surface area contributed by atoms with Crippen LogP contribution in [-0.2, 0) is 0 Å². The van der Waals surface area contributed by atoms with Gasteiger partial charge in [0.1, 0.15) is 5.54 Å². The minimum Gasteiger partial charge on any atom is -0.0755 e. The maximum atomic E-state index is 4.97. The van der Waals surface area contributed by atoms with Gasteiger partial charge >= 0.3 is 6.57 Å². The van der Waals surface area contributed by atoms with Crippen LogP contribution in [0.5, 0.6) is 0 Å². The zero-order chi connectivity index (χ0) is 7.49. The van der Waals surface area contributed by atoms with Gasteiger partial charge in [-0.3, -0.25) is 0 Å². The summed E-state index contributed by atoms with van der Waals surface area (Å²) in [6, 6.07) is 0. The minimum atomic E-state index is 0.00868. The van der Waals surface area contributed by atoms with Crippen LogP contribution >= 0.6 is 0 Å². The lowest BCUT2D eigenvalue weighted by Gasteiger charge is -2.21. The molecule has 0 aromatic carbocycles. The monoisotopic (exact) mass is 127 g/mol. The summed E-state index contributed by atoms with van der Waals surface area (Å²) < 4.78 is 0. The lowest BCUT2D eigenvalue weighted by atomic mass is 9.92. The molecule has 0 radical (unpaired) electrons. The summed E-state index contributed by atoms with van der Waals surface area (Å²) in [5, 5.41) is 0. The van der Waals surface area contributed by atoms with Crippen LogP contribution in [0.15, 0.2) is 0 Å². The van der Waals surface area contributed by atoms with Gasteiger partial charge in [-0.2, -0.15) is 0 Å². The topological polar surface area (TPSA) is 16.4 Å². The molecule has 0 amide bonds. The highest BCUT2D eigenvalue weighted by molar-refractivity contribution is 4.83. The van der Waals surface area contributed by atoms with Gasteiger partial charge in [0, 0.05) is 0 Å². The molecule has 0 aromatic heterocycles. The Morgan fingerprint density at radius 3 is 2.00 bits per heavy atom. The normalized spacial score (nSPS) is 11.1. The average molecular weight is 127 g/mol. The van der Waals surface area contributed by atoms with Gasteiger partial charge in [-0.15, -0.1) is 0 Å². The molecule has 0 fully saturated rings. The van der Waals surface area contributed by atoms with Crippen molar-refractivity contribution in [2.24, 2.45) is 5.92 Å². The zero-order valence-electron chi connectivity index (χ0n) is 6.60. The summed E-state index contributed by atoms with van der Waals surface area (Å²) in [5.74, 6) is 0.532. The van der Waals surface area contributed by atoms with Crippen molar-refractivity contribution in [3.8, 4) is 6.57 Å². The van der Waals surface area contributed by atoms with E-state index in [0.29, 0.717) is 5.92 Å². The second kappa shape index (κ2) is 2.72. The molecule has 0 rings (SSSR count). The highest BCUT2D eigenvalue weighted by Gasteiger charge is 2.25. The van der Waals surface area contributed by atoms with Gasteiger partial charge in [-0.25, -0.2) is 0 Å². The molecule has 1 N–H and O–H groups in total. The molecule has 0 aliphatic carbocycles. The summed E-state index contributed by atoms with van der Waals surface area (Å²) in [4.78, 5) is 3.38. The van der Waals surface area contributed by atoms with Gasteiger partial charge in [-0.1, -0.05) is 19.3 Å². The number of nitrogens with zero attached hydrogens (tertiary/aromatic N) is 1. The fourth-order valence-electron chi connectivity index (χ4n) is 0.295. The van der Waals surface area contributed by atoms with Crippen LogP contribution in [0.3, 0.4) is 0 Å². The van der Waals surface area contributed by atoms with Crippen molar-refractivity contribution in [2.45, 2.75) is 33.2 Å². The van der Waals surface area contributed by atoms with E-state index in [4.69, 9.17) is 6.57 Å². The summed E-state index contributed by atoms with van der Waals surface area (Å²) in [5.41, 5.74) is 2.83. The first-order valence-electron chi connectivity index (χ1n) is 3.18. The fourth-order valence-corrected chi connectivity index (χ4v) is 0.295. The summed E-state index contributed by atoms with van der Waals surface area (Å²) >= 11 is 0. The van der Waals surface area contributed by atoms with E-state index < -0.39 is 0 Å². The molecule has 0 bridgehead atoms. The number of hydrogen-bond donors (Lipinski definition) is 1. The van der Waals surface area contributed by atoms with Crippen molar-refractivity contribution in [3.63, 3.8) is 0 Å². The molecule has 0 aromatic rings. The maximum absolute atomic E-state index is 4.97. The molecule has 9 heavy (non-hydrogen) atoms. The van der Waals surface area contributed by atoms with E-state index in [9.17, 15) is 0 Å². The van der Waals surface area contributed by atoms with Crippen molar-refractivity contribution >= 4 is 0 Å². The van der Waals surface area contributed by atoms with E-state index >= 15 is 0 Å². The van der Waals surface area contributed by atoms with Crippen LogP contribution in [0.2, 0.25) is 0 Å². The predicted octanol–water partition coefficient (Wildman–Crippen LogP) is 1.89. The van der Waals surface area contributed by atoms with E-state index in [1.807, 2.05) is 0 Å². The van der Waals surface area contributed by atoms with Gasteiger partial charge in [0.2, 0.25) is 0 Å². The van der Waals surface area contributed by atoms with Crippen LogP contribution in [0.25, 0.3) is 4.95 Å². The van der Waals surface area contributed by atoms with Gasteiger partial charge in [0.05, 0.1) is 4.95 Å². The first kappa shape index (κ1) is 8.29. The SMILES string of the molecule is C#[N+]NC(C)(C)C(C)C. The van der Waals surface area contributed by atoms with E-state index in [2.05, 4.69) is 38.1 Å². The standard InChI is InChI=1S/C7H15N2/c1-6(2)7(3,4)9-8-5/h5-6,9H,1-4H3/q+1. The highest BCUT2D eigenvalue weighted by Crippen LogP contribution is 2.14. The molecule has 0 saturated carbocycles. The Hall–Kier alpha value is -0.710. The van der Waals surface area contributed by atoms with Crippen LogP contribution in [0.1, 0.15) is 27.7 Å². The highest BCUT2D eigenvalue weighted by atomic mass is 15.3. The molecular weight excluding hydrogens is 112 g/mol. The third-order valence-corrected chi connectivity index (χ3v) is 1.80. The van der Waals surface area contributed by atoms with Crippen molar-refractivity contribution in [1.82, 2.24) is 5.43 Å². The Morgan fingerprint density at radius 1 is 1.44 bits per heavy atom. The van der Waals surface area contributed by atoms with Gasteiger partial charge in [0.25, 0.3) is 0 Å². The van der Waals surface area contributed by atoms with Gasteiger partial charge < -0.3 is 0 Å². The van der Waals surface area contributed by atoms with E-state index in [1.165, 1.54) is 0 Å². The van der Waals surface area contributed by atoms with Crippen LogP contribution in [0.4, 0.5) is 0 Å². The Labute approximate surface area is 57.1 Å². The van der Waals surface area contributed by atoms with Crippen molar-refractivity contribution < 1.29 is 0 Å². The average Bonchev–Trinajstić information content (AvgIpc) is 1.65. The molecule has 0 unspecified atom stereocenters. The third kappa shape index (κ3) is 2.36. The van der Waals surface area contributed by atoms with E-state index in [-0.39, 0.29) is 5.54 Å². The molecule has 0 saturated heterocycles. The largest absolute Gasteiger partial charge is 0.304 e. The van der Waals surface area contributed by atoms with Crippen molar-refractivity contribution in [3.05, 3.63) is 4.95 Å². The second-order valence-corrected chi connectivity index (χ2v) is 3.12. The van der Waals surface area contributed by atoms with Crippen molar-refractivity contribution in [2.75, 3.05) is 0 Å². The zero-order valence-corrected chi connectivity index (χ0v) is 6.60. The Bertz CT molecular complexity index is 119. The van der Waals surface area contributed by atoms with Crippen molar-refractivity contribution in [1.29, 1.82) is 0 Å². The number of nitrogens with one attached hydrogen (secondary N) is 1. The Morgan fingerprint density at radius 2 is 1.89 bits per heavy atom. The molecule has 0 aliphatic rings. The quantitative estimate of drug-likeness (QED) is 0.560. The van der Waals surface area contributed by atoms with Gasteiger partial charge in [-0.05, 0) is 19.8 Å².